The quantitative estimate of drug-likeness (QED) is 0.506. The van der Waals surface area contributed by atoms with Gasteiger partial charge < -0.3 is 0 Å². The summed E-state index contributed by atoms with van der Waals surface area (Å²) < 4.78 is 11.4. The number of nitrogens with one attached hydrogen (secondary N) is 1. The summed E-state index contributed by atoms with van der Waals surface area (Å²) in [5, 5.41) is 2.81. The first-order chi connectivity index (χ1) is 8.24. The van der Waals surface area contributed by atoms with Crippen molar-refractivity contribution in [2.75, 3.05) is 33.5 Å². The van der Waals surface area contributed by atoms with Crippen LogP contribution in [0.25, 0.3) is 0 Å². The molecule has 0 unspecified atom stereocenters. The number of amides is 1. The molecule has 4 nitrogen and oxygen atoms in total. The normalized spacial score (nSPS) is 10.3. The van der Waals surface area contributed by atoms with Crippen molar-refractivity contribution in [1.29, 1.82) is 0 Å². The van der Waals surface area contributed by atoms with E-state index >= 15 is 0 Å². The summed E-state index contributed by atoms with van der Waals surface area (Å²) in [4.78, 5) is 11.7. The Morgan fingerprint density at radius 2 is 1.94 bits per heavy atom. The Labute approximate surface area is 118 Å². The molecule has 1 N–H and O–H groups in total. The van der Waals surface area contributed by atoms with Crippen LogP contribution in [0.4, 0.5) is 0 Å². The van der Waals surface area contributed by atoms with Gasteiger partial charge in [0.1, 0.15) is 0 Å². The topological polar surface area (TPSA) is 47.6 Å². The van der Waals surface area contributed by atoms with Gasteiger partial charge in [0.05, 0.1) is 0 Å². The second-order valence-electron chi connectivity index (χ2n) is 3.56. The van der Waals surface area contributed by atoms with Gasteiger partial charge >= 0.3 is 111 Å². The number of methoxy groups -OCH3 is 1. The number of rotatable bonds is 7. The van der Waals surface area contributed by atoms with Crippen molar-refractivity contribution in [3.63, 3.8) is 0 Å². The first kappa shape index (κ1) is 14.6. The van der Waals surface area contributed by atoms with Gasteiger partial charge in [-0.25, -0.2) is 0 Å². The monoisotopic (exact) mass is 424 g/mol. The van der Waals surface area contributed by atoms with E-state index in [4.69, 9.17) is 9.47 Å². The van der Waals surface area contributed by atoms with Crippen molar-refractivity contribution in [2.24, 2.45) is 0 Å². The van der Waals surface area contributed by atoms with Gasteiger partial charge in [0.2, 0.25) is 0 Å². The van der Waals surface area contributed by atoms with Crippen LogP contribution >= 0.6 is 0 Å². The first-order valence-electron chi connectivity index (χ1n) is 5.51. The third-order valence-electron chi connectivity index (χ3n) is 2.18. The zero-order valence-electron chi connectivity index (χ0n) is 10.1. The number of hydrogen-bond acceptors (Lipinski definition) is 3. The minimum atomic E-state index is -0.0475. The number of hydrogen-bond donors (Lipinski definition) is 1. The summed E-state index contributed by atoms with van der Waals surface area (Å²) >= 11 is 0.615. The summed E-state index contributed by atoms with van der Waals surface area (Å²) in [6.45, 7) is 2.17. The third kappa shape index (κ3) is 6.14. The number of carbonyl (C=O) groups excluding carboxylic acids is 1. The van der Waals surface area contributed by atoms with Gasteiger partial charge in [-0.1, -0.05) is 0 Å². The summed E-state index contributed by atoms with van der Waals surface area (Å²) in [5.74, 6) is -0.0475. The van der Waals surface area contributed by atoms with Crippen LogP contribution in [0, 0.1) is 0 Å². The van der Waals surface area contributed by atoms with Gasteiger partial charge in [0, 0.05) is 7.11 Å². The van der Waals surface area contributed by atoms with Crippen LogP contribution in [0.1, 0.15) is 10.4 Å². The Kier molecular flexibility index (Phi) is 7.40. The molecule has 1 aromatic rings. The van der Waals surface area contributed by atoms with Gasteiger partial charge in [-0.05, 0) is 0 Å². The maximum absolute atomic E-state index is 11.7. The van der Waals surface area contributed by atoms with Gasteiger partial charge in [-0.2, -0.15) is 0 Å². The maximum atomic E-state index is 11.7. The van der Waals surface area contributed by atoms with Crippen molar-refractivity contribution in [2.45, 2.75) is 0 Å². The predicted molar refractivity (Wildman–Crippen MR) is 61.1 cm³/mol. The molecule has 0 radical (unpaired) electrons. The van der Waals surface area contributed by atoms with Crippen LogP contribution in [0.15, 0.2) is 24.3 Å². The molecule has 0 saturated carbocycles. The van der Waals surface area contributed by atoms with Crippen molar-refractivity contribution < 1.29 is 40.4 Å². The standard InChI is InChI=1S/C12H16NO3.Hg/c1-15-9-10-16-8-7-13-12(14)11-5-3-2-4-6-11;/h3-6H,7-10H2,1H3,(H,13,14);. The van der Waals surface area contributed by atoms with E-state index < -0.39 is 0 Å². The van der Waals surface area contributed by atoms with Crippen LogP contribution in [-0.2, 0) is 35.6 Å². The average molecular weight is 423 g/mol. The fourth-order valence-electron chi connectivity index (χ4n) is 1.24. The molecule has 0 aliphatic carbocycles. The van der Waals surface area contributed by atoms with Crippen LogP contribution in [0.5, 0.6) is 0 Å². The zero-order valence-corrected chi connectivity index (χ0v) is 15.6. The van der Waals surface area contributed by atoms with E-state index in [1.165, 1.54) is 3.07 Å². The minimum absolute atomic E-state index is 0.0475. The predicted octanol–water partition coefficient (Wildman–Crippen LogP) is 0.251. The summed E-state index contributed by atoms with van der Waals surface area (Å²) in [6, 6.07) is 7.74. The molecule has 0 fully saturated rings. The third-order valence-corrected chi connectivity index (χ3v) is 4.01. The number of benzene rings is 1. The van der Waals surface area contributed by atoms with Crippen molar-refractivity contribution in [1.82, 2.24) is 5.32 Å². The van der Waals surface area contributed by atoms with Gasteiger partial charge in [-0.15, -0.1) is 0 Å². The molecule has 0 aliphatic rings. The molecule has 1 amide bonds. The Balaban J connectivity index is 2.19. The fourth-order valence-corrected chi connectivity index (χ4v) is 2.16. The van der Waals surface area contributed by atoms with Crippen LogP contribution in [0.3, 0.4) is 0 Å². The Bertz CT molecular complexity index is 340. The molecule has 0 heterocycles. The molecule has 0 bridgehead atoms. The second-order valence-corrected chi connectivity index (χ2v) is 6.73. The fraction of sp³-hybridized carbons (Fsp3) is 0.417. The zero-order chi connectivity index (χ0) is 12.5. The Hall–Kier alpha value is -0.455. The van der Waals surface area contributed by atoms with E-state index in [1.54, 1.807) is 7.11 Å². The van der Waals surface area contributed by atoms with Crippen LogP contribution in [0.2, 0.25) is 0 Å². The summed E-state index contributed by atoms with van der Waals surface area (Å²) in [5.41, 5.74) is 0.705. The molecule has 0 spiro atoms. The summed E-state index contributed by atoms with van der Waals surface area (Å²) in [6.07, 6.45) is 0. The summed E-state index contributed by atoms with van der Waals surface area (Å²) in [7, 11) is 1.63. The van der Waals surface area contributed by atoms with Crippen molar-refractivity contribution in [3.8, 4) is 0 Å². The van der Waals surface area contributed by atoms with Gasteiger partial charge in [-0.3, -0.25) is 0 Å². The van der Waals surface area contributed by atoms with Crippen molar-refractivity contribution >= 4 is 8.98 Å². The van der Waals surface area contributed by atoms with Crippen LogP contribution in [-0.4, -0.2) is 39.4 Å². The SMILES string of the molecule is COCCOCCNC(=O)c1cc[c]([Hg])cc1. The Morgan fingerprint density at radius 3 is 2.59 bits per heavy atom. The molecule has 0 aromatic heterocycles. The van der Waals surface area contributed by atoms with E-state index in [-0.39, 0.29) is 5.91 Å². The number of carbonyl (C=O) groups is 1. The van der Waals surface area contributed by atoms with Gasteiger partial charge in [0.25, 0.3) is 0 Å². The van der Waals surface area contributed by atoms with Crippen LogP contribution < -0.4 is 8.39 Å². The molecule has 17 heavy (non-hydrogen) atoms. The molecule has 1 aromatic carbocycles. The number of ether oxygens (including phenoxy) is 2. The molecule has 89 valence electrons. The van der Waals surface area contributed by atoms with Crippen molar-refractivity contribution in [3.05, 3.63) is 29.8 Å². The van der Waals surface area contributed by atoms with E-state index in [0.29, 0.717) is 58.1 Å². The van der Waals surface area contributed by atoms with E-state index in [1.807, 2.05) is 24.3 Å². The molecule has 0 saturated heterocycles. The van der Waals surface area contributed by atoms with E-state index in [9.17, 15) is 4.79 Å². The second kappa shape index (κ2) is 8.61. The van der Waals surface area contributed by atoms with E-state index in [2.05, 4.69) is 5.32 Å². The molecular weight excluding hydrogens is 407 g/mol. The van der Waals surface area contributed by atoms with E-state index in [0.717, 1.165) is 0 Å². The molecule has 0 atom stereocenters. The Morgan fingerprint density at radius 1 is 1.24 bits per heavy atom. The first-order valence-corrected chi connectivity index (χ1v) is 8.26. The van der Waals surface area contributed by atoms with Gasteiger partial charge in [0.15, 0.2) is 0 Å². The molecule has 5 heteroatoms. The molecular formula is C12H16HgNO3. The molecule has 1 rings (SSSR count). The average Bonchev–Trinajstić information content (AvgIpc) is 2.34. The molecule has 0 aliphatic heterocycles.